The Morgan fingerprint density at radius 3 is 2.58 bits per heavy atom. The molecule has 1 aliphatic heterocycles. The van der Waals surface area contributed by atoms with Crippen molar-refractivity contribution < 1.29 is 14.0 Å². The van der Waals surface area contributed by atoms with Crippen molar-refractivity contribution in [3.8, 4) is 0 Å². The molecule has 5 heteroatoms. The molecule has 1 atom stereocenters. The SMILES string of the molecule is CCc1ccccc1N1CC(C(=O)NCCc2ccccc2F)CC1=O. The van der Waals surface area contributed by atoms with E-state index in [1.807, 2.05) is 31.2 Å². The number of hydrogen-bond donors (Lipinski definition) is 1. The van der Waals surface area contributed by atoms with Crippen LogP contribution in [0.15, 0.2) is 48.5 Å². The molecule has 1 unspecified atom stereocenters. The minimum Gasteiger partial charge on any atom is -0.355 e. The Balaban J connectivity index is 1.58. The van der Waals surface area contributed by atoms with E-state index in [4.69, 9.17) is 0 Å². The van der Waals surface area contributed by atoms with Crippen LogP contribution in [0, 0.1) is 11.7 Å². The van der Waals surface area contributed by atoms with E-state index in [-0.39, 0.29) is 30.0 Å². The zero-order valence-electron chi connectivity index (χ0n) is 14.9. The van der Waals surface area contributed by atoms with Crippen molar-refractivity contribution in [1.82, 2.24) is 5.32 Å². The molecule has 0 aliphatic carbocycles. The van der Waals surface area contributed by atoms with Crippen LogP contribution in [0.2, 0.25) is 0 Å². The molecule has 1 fully saturated rings. The molecule has 2 amide bonds. The minimum atomic E-state index is -0.368. The first-order valence-electron chi connectivity index (χ1n) is 8.99. The second-order valence-electron chi connectivity index (χ2n) is 6.52. The van der Waals surface area contributed by atoms with Crippen LogP contribution in [0.5, 0.6) is 0 Å². The van der Waals surface area contributed by atoms with Crippen molar-refractivity contribution in [3.05, 3.63) is 65.5 Å². The molecule has 136 valence electrons. The second kappa shape index (κ2) is 8.13. The van der Waals surface area contributed by atoms with Gasteiger partial charge >= 0.3 is 0 Å². The standard InChI is InChI=1S/C21H23FN2O2/c1-2-15-7-4-6-10-19(15)24-14-17(13-20(24)25)21(26)23-12-11-16-8-3-5-9-18(16)22/h3-10,17H,2,11-14H2,1H3,(H,23,26). The van der Waals surface area contributed by atoms with E-state index in [0.717, 1.165) is 17.7 Å². The van der Waals surface area contributed by atoms with Crippen LogP contribution < -0.4 is 10.2 Å². The molecule has 3 rings (SSSR count). The Bertz CT molecular complexity index is 806. The monoisotopic (exact) mass is 354 g/mol. The van der Waals surface area contributed by atoms with Gasteiger partial charge < -0.3 is 10.2 Å². The van der Waals surface area contributed by atoms with E-state index in [0.29, 0.717) is 25.1 Å². The molecule has 2 aromatic rings. The van der Waals surface area contributed by atoms with Crippen LogP contribution in [-0.2, 0) is 22.4 Å². The number of para-hydroxylation sites is 1. The fraction of sp³-hybridized carbons (Fsp3) is 0.333. The fourth-order valence-corrected chi connectivity index (χ4v) is 3.36. The van der Waals surface area contributed by atoms with Crippen molar-refractivity contribution in [2.45, 2.75) is 26.2 Å². The molecule has 1 saturated heterocycles. The lowest BCUT2D eigenvalue weighted by Crippen LogP contribution is -2.34. The predicted molar refractivity (Wildman–Crippen MR) is 99.4 cm³/mol. The molecule has 1 aliphatic rings. The highest BCUT2D eigenvalue weighted by atomic mass is 19.1. The fourth-order valence-electron chi connectivity index (χ4n) is 3.36. The lowest BCUT2D eigenvalue weighted by atomic mass is 10.1. The van der Waals surface area contributed by atoms with Gasteiger partial charge in [-0.3, -0.25) is 9.59 Å². The van der Waals surface area contributed by atoms with Crippen LogP contribution in [0.4, 0.5) is 10.1 Å². The largest absolute Gasteiger partial charge is 0.355 e. The molecule has 0 spiro atoms. The number of hydrogen-bond acceptors (Lipinski definition) is 2. The highest BCUT2D eigenvalue weighted by Gasteiger charge is 2.35. The van der Waals surface area contributed by atoms with Gasteiger partial charge in [-0.1, -0.05) is 43.3 Å². The van der Waals surface area contributed by atoms with Crippen LogP contribution in [0.25, 0.3) is 0 Å². The summed E-state index contributed by atoms with van der Waals surface area (Å²) in [5, 5.41) is 2.84. The van der Waals surface area contributed by atoms with Crippen molar-refractivity contribution >= 4 is 17.5 Å². The zero-order chi connectivity index (χ0) is 18.5. The van der Waals surface area contributed by atoms with Gasteiger partial charge in [-0.15, -0.1) is 0 Å². The molecule has 0 saturated carbocycles. The Morgan fingerprint density at radius 1 is 1.15 bits per heavy atom. The summed E-state index contributed by atoms with van der Waals surface area (Å²) in [5.74, 6) is -0.806. The third kappa shape index (κ3) is 3.93. The van der Waals surface area contributed by atoms with Crippen molar-refractivity contribution in [2.24, 2.45) is 5.92 Å². The number of carbonyl (C=O) groups is 2. The summed E-state index contributed by atoms with van der Waals surface area (Å²) >= 11 is 0. The summed E-state index contributed by atoms with van der Waals surface area (Å²) in [6, 6.07) is 14.3. The van der Waals surface area contributed by atoms with Gasteiger partial charge in [-0.25, -0.2) is 4.39 Å². The highest BCUT2D eigenvalue weighted by molar-refractivity contribution is 6.00. The molecule has 4 nitrogen and oxygen atoms in total. The van der Waals surface area contributed by atoms with E-state index in [1.54, 1.807) is 23.1 Å². The number of benzene rings is 2. The van der Waals surface area contributed by atoms with Crippen LogP contribution in [0.1, 0.15) is 24.5 Å². The smallest absolute Gasteiger partial charge is 0.227 e. The first-order chi connectivity index (χ1) is 12.6. The van der Waals surface area contributed by atoms with Gasteiger partial charge in [0.15, 0.2) is 0 Å². The third-order valence-corrected chi connectivity index (χ3v) is 4.81. The Labute approximate surface area is 153 Å². The number of halogens is 1. The Kier molecular flexibility index (Phi) is 5.66. The number of carbonyl (C=O) groups excluding carboxylic acids is 2. The average molecular weight is 354 g/mol. The lowest BCUT2D eigenvalue weighted by Gasteiger charge is -2.20. The Morgan fingerprint density at radius 2 is 1.85 bits per heavy atom. The number of amides is 2. The minimum absolute atomic E-state index is 0.0276. The molecular weight excluding hydrogens is 331 g/mol. The van der Waals surface area contributed by atoms with Gasteiger partial charge in [0, 0.05) is 25.2 Å². The predicted octanol–water partition coefficient (Wildman–Crippen LogP) is 3.10. The molecule has 26 heavy (non-hydrogen) atoms. The van der Waals surface area contributed by atoms with Crippen molar-refractivity contribution in [3.63, 3.8) is 0 Å². The topological polar surface area (TPSA) is 49.4 Å². The Hall–Kier alpha value is -2.69. The highest BCUT2D eigenvalue weighted by Crippen LogP contribution is 2.28. The van der Waals surface area contributed by atoms with Gasteiger partial charge in [-0.05, 0) is 36.1 Å². The molecular formula is C21H23FN2O2. The first-order valence-corrected chi connectivity index (χ1v) is 8.99. The number of rotatable bonds is 6. The van der Waals surface area contributed by atoms with E-state index < -0.39 is 0 Å². The molecule has 0 radical (unpaired) electrons. The van der Waals surface area contributed by atoms with Gasteiger partial charge in [0.25, 0.3) is 0 Å². The average Bonchev–Trinajstić information content (AvgIpc) is 3.05. The summed E-state index contributed by atoms with van der Waals surface area (Å²) in [4.78, 5) is 26.5. The lowest BCUT2D eigenvalue weighted by molar-refractivity contribution is -0.126. The maximum Gasteiger partial charge on any atom is 0.227 e. The number of nitrogens with one attached hydrogen (secondary N) is 1. The third-order valence-electron chi connectivity index (χ3n) is 4.81. The second-order valence-corrected chi connectivity index (χ2v) is 6.52. The maximum atomic E-state index is 13.6. The van der Waals surface area contributed by atoms with Crippen LogP contribution in [0.3, 0.4) is 0 Å². The molecule has 1 N–H and O–H groups in total. The van der Waals surface area contributed by atoms with E-state index in [9.17, 15) is 14.0 Å². The number of aryl methyl sites for hydroxylation is 1. The van der Waals surface area contributed by atoms with Crippen LogP contribution >= 0.6 is 0 Å². The van der Waals surface area contributed by atoms with Crippen molar-refractivity contribution in [2.75, 3.05) is 18.0 Å². The normalized spacial score (nSPS) is 16.8. The van der Waals surface area contributed by atoms with Crippen LogP contribution in [-0.4, -0.2) is 24.9 Å². The van der Waals surface area contributed by atoms with Gasteiger partial charge in [0.2, 0.25) is 11.8 Å². The van der Waals surface area contributed by atoms with E-state index >= 15 is 0 Å². The molecule has 1 heterocycles. The molecule has 0 aromatic heterocycles. The molecule has 2 aromatic carbocycles. The quantitative estimate of drug-likeness (QED) is 0.867. The first kappa shape index (κ1) is 18.1. The van der Waals surface area contributed by atoms with Gasteiger partial charge in [0.05, 0.1) is 5.92 Å². The number of nitrogens with zero attached hydrogens (tertiary/aromatic N) is 1. The molecule has 0 bridgehead atoms. The van der Waals surface area contributed by atoms with Gasteiger partial charge in [-0.2, -0.15) is 0 Å². The maximum absolute atomic E-state index is 13.6. The summed E-state index contributed by atoms with van der Waals surface area (Å²) < 4.78 is 13.6. The zero-order valence-corrected chi connectivity index (χ0v) is 14.9. The van der Waals surface area contributed by atoms with Gasteiger partial charge in [0.1, 0.15) is 5.82 Å². The van der Waals surface area contributed by atoms with Crippen molar-refractivity contribution in [1.29, 1.82) is 0 Å². The van der Waals surface area contributed by atoms with E-state index in [2.05, 4.69) is 5.32 Å². The summed E-state index contributed by atoms with van der Waals surface area (Å²) in [7, 11) is 0. The summed E-state index contributed by atoms with van der Waals surface area (Å²) in [5.41, 5.74) is 2.57. The van der Waals surface area contributed by atoms with E-state index in [1.165, 1.54) is 6.07 Å². The summed E-state index contributed by atoms with van der Waals surface area (Å²) in [6.45, 7) is 2.80. The number of anilines is 1. The summed E-state index contributed by atoms with van der Waals surface area (Å²) in [6.07, 6.45) is 1.48.